The van der Waals surface area contributed by atoms with Crippen molar-refractivity contribution in [1.82, 2.24) is 0 Å². The Morgan fingerprint density at radius 3 is 1.37 bits per heavy atom. The van der Waals surface area contributed by atoms with Crippen LogP contribution in [-0.2, 0) is 13.6 Å². The topological polar surface area (TPSA) is 27.7 Å². The van der Waals surface area contributed by atoms with Gasteiger partial charge in [-0.1, -0.05) is 0 Å². The predicted octanol–water partition coefficient (Wildman–Crippen LogP) is 4.08. The van der Waals surface area contributed by atoms with Crippen LogP contribution in [0.5, 0.6) is 0 Å². The van der Waals surface area contributed by atoms with E-state index in [9.17, 15) is 0 Å². The summed E-state index contributed by atoms with van der Waals surface area (Å²) in [6.07, 6.45) is 0.179. The van der Waals surface area contributed by atoms with Crippen LogP contribution < -0.4 is 5.30 Å². The van der Waals surface area contributed by atoms with Gasteiger partial charge in [-0.2, -0.15) is 0 Å². The van der Waals surface area contributed by atoms with Crippen molar-refractivity contribution < 1.29 is 13.6 Å². The first kappa shape index (κ1) is 16.6. The number of benzene rings is 1. The third-order valence-corrected chi connectivity index (χ3v) is 5.69. The summed E-state index contributed by atoms with van der Waals surface area (Å²) in [7, 11) is -2.86. The SMILES string of the molecule is CC(C)O[PH](OC(C)C)(OC(C)C)c1ccccc1. The zero-order chi connectivity index (χ0) is 14.5. The van der Waals surface area contributed by atoms with Crippen molar-refractivity contribution in [2.75, 3.05) is 0 Å². The van der Waals surface area contributed by atoms with Crippen LogP contribution in [0.3, 0.4) is 0 Å². The molecule has 0 aliphatic heterocycles. The van der Waals surface area contributed by atoms with Crippen LogP contribution in [-0.4, -0.2) is 18.3 Å². The molecule has 0 aromatic heterocycles. The van der Waals surface area contributed by atoms with E-state index in [1.54, 1.807) is 0 Å². The zero-order valence-corrected chi connectivity index (χ0v) is 13.8. The molecule has 0 aliphatic carbocycles. The van der Waals surface area contributed by atoms with Gasteiger partial charge in [0, 0.05) is 0 Å². The van der Waals surface area contributed by atoms with Crippen LogP contribution in [0.1, 0.15) is 41.5 Å². The van der Waals surface area contributed by atoms with Crippen molar-refractivity contribution in [1.29, 1.82) is 0 Å². The minimum atomic E-state index is -2.86. The Balaban J connectivity index is 3.16. The summed E-state index contributed by atoms with van der Waals surface area (Å²) in [5.41, 5.74) is 0. The summed E-state index contributed by atoms with van der Waals surface area (Å²) in [6, 6.07) is 10.0. The maximum absolute atomic E-state index is 6.14. The van der Waals surface area contributed by atoms with Crippen molar-refractivity contribution in [2.24, 2.45) is 0 Å². The molecule has 0 saturated heterocycles. The van der Waals surface area contributed by atoms with Gasteiger partial charge in [0.05, 0.1) is 0 Å². The Morgan fingerprint density at radius 2 is 1.05 bits per heavy atom. The standard InChI is InChI=1S/C15H27O3P/c1-12(2)16-19(17-13(3)4,18-14(5)6)15-10-8-7-9-11-15/h7-14,19H,1-6H3. The van der Waals surface area contributed by atoms with E-state index in [1.165, 1.54) is 0 Å². The van der Waals surface area contributed by atoms with Gasteiger partial charge >= 0.3 is 117 Å². The number of hydrogen-bond acceptors (Lipinski definition) is 3. The van der Waals surface area contributed by atoms with Gasteiger partial charge < -0.3 is 0 Å². The monoisotopic (exact) mass is 286 g/mol. The van der Waals surface area contributed by atoms with E-state index in [-0.39, 0.29) is 18.3 Å². The number of rotatable bonds is 7. The molecule has 3 nitrogen and oxygen atoms in total. The Hall–Kier alpha value is -0.470. The molecule has 0 aliphatic rings. The Kier molecular flexibility index (Phi) is 6.41. The average Bonchev–Trinajstić information content (AvgIpc) is 2.27. The summed E-state index contributed by atoms with van der Waals surface area (Å²) in [5.74, 6) is 0. The molecular formula is C15H27O3P. The molecule has 0 amide bonds. The fourth-order valence-corrected chi connectivity index (χ4v) is 4.90. The summed E-state index contributed by atoms with van der Waals surface area (Å²) in [6.45, 7) is 12.1. The average molecular weight is 286 g/mol. The minimum absolute atomic E-state index is 0.0596. The van der Waals surface area contributed by atoms with Gasteiger partial charge in [-0.3, -0.25) is 0 Å². The molecule has 1 rings (SSSR count). The first-order chi connectivity index (χ1) is 8.85. The van der Waals surface area contributed by atoms with E-state index < -0.39 is 7.94 Å². The molecule has 0 saturated carbocycles. The predicted molar refractivity (Wildman–Crippen MR) is 83.1 cm³/mol. The van der Waals surface area contributed by atoms with Crippen molar-refractivity contribution in [2.45, 2.75) is 59.9 Å². The van der Waals surface area contributed by atoms with E-state index >= 15 is 0 Å². The second kappa shape index (κ2) is 7.35. The molecule has 0 heterocycles. The molecule has 0 atom stereocenters. The first-order valence-electron chi connectivity index (χ1n) is 6.94. The van der Waals surface area contributed by atoms with E-state index in [1.807, 2.05) is 71.9 Å². The summed E-state index contributed by atoms with van der Waals surface area (Å²) in [5, 5.41) is 1.02. The maximum atomic E-state index is 6.14. The summed E-state index contributed by atoms with van der Waals surface area (Å²) in [4.78, 5) is 0. The molecule has 0 unspecified atom stereocenters. The van der Waals surface area contributed by atoms with Gasteiger partial charge in [0.1, 0.15) is 0 Å². The van der Waals surface area contributed by atoms with Gasteiger partial charge in [0.2, 0.25) is 0 Å². The third kappa shape index (κ3) is 5.19. The zero-order valence-electron chi connectivity index (χ0n) is 12.8. The Bertz CT molecular complexity index is 336. The molecule has 0 radical (unpaired) electrons. The third-order valence-electron chi connectivity index (χ3n) is 2.30. The van der Waals surface area contributed by atoms with Crippen molar-refractivity contribution >= 4 is 13.2 Å². The molecule has 0 N–H and O–H groups in total. The van der Waals surface area contributed by atoms with Gasteiger partial charge in [-0.15, -0.1) is 0 Å². The van der Waals surface area contributed by atoms with Crippen molar-refractivity contribution in [3.05, 3.63) is 30.3 Å². The van der Waals surface area contributed by atoms with Crippen molar-refractivity contribution in [3.8, 4) is 0 Å². The van der Waals surface area contributed by atoms with Gasteiger partial charge in [0.15, 0.2) is 0 Å². The van der Waals surface area contributed by atoms with Crippen LogP contribution in [0.2, 0.25) is 0 Å². The van der Waals surface area contributed by atoms with Crippen LogP contribution in [0.15, 0.2) is 30.3 Å². The number of hydrogen-bond donors (Lipinski definition) is 0. The molecule has 1 aromatic rings. The van der Waals surface area contributed by atoms with E-state index in [0.29, 0.717) is 0 Å². The molecule has 110 valence electrons. The normalized spacial score (nSPS) is 13.5. The molecule has 0 spiro atoms. The molecular weight excluding hydrogens is 259 g/mol. The second-order valence-corrected chi connectivity index (χ2v) is 7.82. The molecule has 0 fully saturated rings. The Morgan fingerprint density at radius 1 is 0.684 bits per heavy atom. The van der Waals surface area contributed by atoms with E-state index in [2.05, 4.69) is 0 Å². The van der Waals surface area contributed by atoms with Crippen LogP contribution in [0.4, 0.5) is 0 Å². The first-order valence-corrected chi connectivity index (χ1v) is 8.67. The van der Waals surface area contributed by atoms with Gasteiger partial charge in [0.25, 0.3) is 0 Å². The van der Waals surface area contributed by atoms with E-state index in [4.69, 9.17) is 13.6 Å². The Labute approximate surface area is 117 Å². The fraction of sp³-hybridized carbons (Fsp3) is 0.600. The summed E-state index contributed by atoms with van der Waals surface area (Å²) < 4.78 is 18.4. The molecule has 19 heavy (non-hydrogen) atoms. The molecule has 0 bridgehead atoms. The van der Waals surface area contributed by atoms with E-state index in [0.717, 1.165) is 5.30 Å². The quantitative estimate of drug-likeness (QED) is 0.707. The van der Waals surface area contributed by atoms with Gasteiger partial charge in [-0.25, -0.2) is 0 Å². The van der Waals surface area contributed by atoms with Crippen LogP contribution in [0, 0.1) is 0 Å². The van der Waals surface area contributed by atoms with Crippen LogP contribution in [0.25, 0.3) is 0 Å². The molecule has 1 aromatic carbocycles. The van der Waals surface area contributed by atoms with Crippen LogP contribution >= 0.6 is 7.94 Å². The van der Waals surface area contributed by atoms with Crippen molar-refractivity contribution in [3.63, 3.8) is 0 Å². The summed E-state index contributed by atoms with van der Waals surface area (Å²) >= 11 is 0. The fourth-order valence-electron chi connectivity index (χ4n) is 1.86. The second-order valence-electron chi connectivity index (χ2n) is 5.42. The van der Waals surface area contributed by atoms with Gasteiger partial charge in [-0.05, 0) is 0 Å². The molecule has 4 heteroatoms.